The van der Waals surface area contributed by atoms with E-state index >= 15 is 0 Å². The number of rotatable bonds is 5. The van der Waals surface area contributed by atoms with Gasteiger partial charge in [0.2, 0.25) is 5.82 Å². The molecule has 1 amide bonds. The van der Waals surface area contributed by atoms with Crippen molar-refractivity contribution < 1.29 is 23.6 Å². The summed E-state index contributed by atoms with van der Waals surface area (Å²) in [6.07, 6.45) is 2.26. The lowest BCUT2D eigenvalue weighted by Crippen LogP contribution is -2.46. The molecule has 6 nitrogen and oxygen atoms in total. The van der Waals surface area contributed by atoms with Crippen molar-refractivity contribution in [2.75, 3.05) is 13.2 Å². The molecule has 1 saturated carbocycles. The van der Waals surface area contributed by atoms with Gasteiger partial charge in [-0.05, 0) is 25.3 Å². The number of hydrogen-bond donors (Lipinski definition) is 1. The van der Waals surface area contributed by atoms with Gasteiger partial charge in [-0.1, -0.05) is 0 Å². The minimum Gasteiger partial charge on any atom is -0.395 e. The summed E-state index contributed by atoms with van der Waals surface area (Å²) < 4.78 is 27.8. The lowest BCUT2D eigenvalue weighted by atomic mass is 9.91. The van der Waals surface area contributed by atoms with E-state index in [0.717, 1.165) is 6.42 Å². The highest BCUT2D eigenvalue weighted by Gasteiger charge is 2.34. The molecule has 0 bridgehead atoms. The number of aliphatic hydroxyl groups excluding tert-OH is 1. The highest BCUT2D eigenvalue weighted by Crippen LogP contribution is 2.29. The van der Waals surface area contributed by atoms with Gasteiger partial charge in [0, 0.05) is 18.7 Å². The Bertz CT molecular complexity index is 576. The van der Waals surface area contributed by atoms with Gasteiger partial charge in [-0.25, -0.2) is 4.39 Å². The van der Waals surface area contributed by atoms with E-state index in [1.54, 1.807) is 0 Å². The number of nitro groups is 1. The van der Waals surface area contributed by atoms with E-state index in [1.807, 2.05) is 0 Å². The first kappa shape index (κ1) is 15.3. The molecule has 0 saturated heterocycles. The smallest absolute Gasteiger partial charge is 0.305 e. The Morgan fingerprint density at radius 2 is 2.10 bits per heavy atom. The molecule has 1 fully saturated rings. The molecule has 1 aromatic rings. The van der Waals surface area contributed by atoms with Crippen LogP contribution in [0.2, 0.25) is 0 Å². The van der Waals surface area contributed by atoms with Crippen LogP contribution in [0.15, 0.2) is 12.1 Å². The third-order valence-electron chi connectivity index (χ3n) is 3.60. The molecular formula is C13H14F2N2O4. The minimum atomic E-state index is -1.48. The molecule has 21 heavy (non-hydrogen) atoms. The van der Waals surface area contributed by atoms with Crippen LogP contribution in [0.25, 0.3) is 0 Å². The Kier molecular flexibility index (Phi) is 4.46. The Morgan fingerprint density at radius 1 is 1.43 bits per heavy atom. The van der Waals surface area contributed by atoms with Crippen molar-refractivity contribution in [2.24, 2.45) is 0 Å². The summed E-state index contributed by atoms with van der Waals surface area (Å²) in [5.41, 5.74) is -1.89. The maximum atomic E-state index is 14.0. The normalized spacial score (nSPS) is 14.6. The van der Waals surface area contributed by atoms with Crippen LogP contribution in [0, 0.1) is 21.7 Å². The van der Waals surface area contributed by atoms with Gasteiger partial charge in [-0.2, -0.15) is 4.39 Å². The molecule has 0 atom stereocenters. The van der Waals surface area contributed by atoms with Crippen molar-refractivity contribution in [1.29, 1.82) is 0 Å². The van der Waals surface area contributed by atoms with Crippen LogP contribution in [0.1, 0.15) is 29.6 Å². The van der Waals surface area contributed by atoms with E-state index in [1.165, 1.54) is 4.90 Å². The predicted molar refractivity (Wildman–Crippen MR) is 68.8 cm³/mol. The zero-order valence-electron chi connectivity index (χ0n) is 11.1. The molecule has 1 aliphatic rings. The van der Waals surface area contributed by atoms with Gasteiger partial charge in [0.1, 0.15) is 11.4 Å². The number of nitrogens with zero attached hydrogens (tertiary/aromatic N) is 2. The van der Waals surface area contributed by atoms with Crippen molar-refractivity contribution in [1.82, 2.24) is 4.90 Å². The van der Waals surface area contributed by atoms with Crippen LogP contribution in [-0.4, -0.2) is 40.0 Å². The SMILES string of the molecule is O=C(c1c(F)ccc([N+](=O)[O-])c1F)N(CCO)C1CCC1. The van der Waals surface area contributed by atoms with Crippen LogP contribution >= 0.6 is 0 Å². The molecule has 0 heterocycles. The Balaban J connectivity index is 2.41. The zero-order chi connectivity index (χ0) is 15.6. The van der Waals surface area contributed by atoms with Crippen molar-refractivity contribution in [3.05, 3.63) is 39.4 Å². The maximum Gasteiger partial charge on any atom is 0.305 e. The third kappa shape index (κ3) is 2.85. The van der Waals surface area contributed by atoms with E-state index in [0.29, 0.717) is 25.0 Å². The minimum absolute atomic E-state index is 0.0644. The quantitative estimate of drug-likeness (QED) is 0.664. The second-order valence-corrected chi connectivity index (χ2v) is 4.82. The van der Waals surface area contributed by atoms with Crippen LogP contribution in [0.5, 0.6) is 0 Å². The molecule has 1 N–H and O–H groups in total. The molecule has 0 spiro atoms. The number of nitro benzene ring substituents is 1. The summed E-state index contributed by atoms with van der Waals surface area (Å²) in [5.74, 6) is -3.59. The molecule has 0 aromatic heterocycles. The summed E-state index contributed by atoms with van der Waals surface area (Å²) in [6, 6.07) is 1.19. The molecule has 8 heteroatoms. The molecular weight excluding hydrogens is 286 g/mol. The average molecular weight is 300 g/mol. The van der Waals surface area contributed by atoms with Crippen molar-refractivity contribution in [2.45, 2.75) is 25.3 Å². The number of carbonyl (C=O) groups excluding carboxylic acids is 1. The first-order valence-electron chi connectivity index (χ1n) is 6.51. The predicted octanol–water partition coefficient (Wildman–Crippen LogP) is 1.86. The fraction of sp³-hybridized carbons (Fsp3) is 0.462. The van der Waals surface area contributed by atoms with Crippen LogP contribution < -0.4 is 0 Å². The topological polar surface area (TPSA) is 83.7 Å². The lowest BCUT2D eigenvalue weighted by molar-refractivity contribution is -0.387. The number of carbonyl (C=O) groups is 1. The standard InChI is InChI=1S/C13H14F2N2O4/c14-9-4-5-10(17(20)21)12(15)11(9)13(19)16(6-7-18)8-2-1-3-8/h4-5,8,18H,1-3,6-7H2. The van der Waals surface area contributed by atoms with Crippen LogP contribution in [0.4, 0.5) is 14.5 Å². The van der Waals surface area contributed by atoms with E-state index in [-0.39, 0.29) is 19.2 Å². The van der Waals surface area contributed by atoms with Gasteiger partial charge < -0.3 is 10.0 Å². The molecule has 1 aliphatic carbocycles. The molecule has 114 valence electrons. The number of hydrogen-bond acceptors (Lipinski definition) is 4. The van der Waals surface area contributed by atoms with Gasteiger partial charge in [0.15, 0.2) is 0 Å². The maximum absolute atomic E-state index is 14.0. The second-order valence-electron chi connectivity index (χ2n) is 4.82. The van der Waals surface area contributed by atoms with E-state index < -0.39 is 33.7 Å². The molecule has 0 unspecified atom stereocenters. The number of benzene rings is 1. The van der Waals surface area contributed by atoms with Gasteiger partial charge in [-0.3, -0.25) is 14.9 Å². The summed E-state index contributed by atoms with van der Waals surface area (Å²) in [7, 11) is 0. The average Bonchev–Trinajstić information content (AvgIpc) is 2.35. The van der Waals surface area contributed by atoms with E-state index in [9.17, 15) is 23.7 Å². The lowest BCUT2D eigenvalue weighted by Gasteiger charge is -2.37. The number of amides is 1. The largest absolute Gasteiger partial charge is 0.395 e. The van der Waals surface area contributed by atoms with Crippen LogP contribution in [-0.2, 0) is 0 Å². The van der Waals surface area contributed by atoms with Gasteiger partial charge in [0.05, 0.1) is 11.5 Å². The van der Waals surface area contributed by atoms with Crippen molar-refractivity contribution >= 4 is 11.6 Å². The van der Waals surface area contributed by atoms with E-state index in [4.69, 9.17) is 5.11 Å². The Labute approximate surface area is 119 Å². The molecule has 0 radical (unpaired) electrons. The second kappa shape index (κ2) is 6.13. The first-order valence-corrected chi connectivity index (χ1v) is 6.51. The Morgan fingerprint density at radius 3 is 2.57 bits per heavy atom. The first-order chi connectivity index (χ1) is 9.97. The monoisotopic (exact) mass is 300 g/mol. The molecule has 1 aromatic carbocycles. The zero-order valence-corrected chi connectivity index (χ0v) is 11.1. The van der Waals surface area contributed by atoms with Gasteiger partial charge in [-0.15, -0.1) is 0 Å². The highest BCUT2D eigenvalue weighted by molar-refractivity contribution is 5.95. The molecule has 0 aliphatic heterocycles. The number of halogens is 2. The fourth-order valence-electron chi connectivity index (χ4n) is 2.28. The Hall–Kier alpha value is -2.09. The van der Waals surface area contributed by atoms with Crippen LogP contribution in [0.3, 0.4) is 0 Å². The van der Waals surface area contributed by atoms with Gasteiger partial charge >= 0.3 is 5.69 Å². The number of aliphatic hydroxyl groups is 1. The summed E-state index contributed by atoms with van der Waals surface area (Å²) in [5, 5.41) is 19.7. The van der Waals surface area contributed by atoms with Crippen molar-refractivity contribution in [3.8, 4) is 0 Å². The third-order valence-corrected chi connectivity index (χ3v) is 3.60. The highest BCUT2D eigenvalue weighted by atomic mass is 19.1. The fourth-order valence-corrected chi connectivity index (χ4v) is 2.28. The summed E-state index contributed by atoms with van der Waals surface area (Å²) in [4.78, 5) is 23.1. The van der Waals surface area contributed by atoms with E-state index in [2.05, 4.69) is 0 Å². The summed E-state index contributed by atoms with van der Waals surface area (Å²) >= 11 is 0. The van der Waals surface area contributed by atoms with Gasteiger partial charge in [0.25, 0.3) is 5.91 Å². The van der Waals surface area contributed by atoms with Crippen molar-refractivity contribution in [3.63, 3.8) is 0 Å². The molecule has 2 rings (SSSR count). The summed E-state index contributed by atoms with van der Waals surface area (Å²) in [6.45, 7) is -0.411.